The number of aromatic nitrogens is 3. The lowest BCUT2D eigenvalue weighted by Gasteiger charge is -2.24. The third-order valence-electron chi connectivity index (χ3n) is 4.79. The molecular weight excluding hydrogens is 443 g/mol. The minimum absolute atomic E-state index is 0.0235. The van der Waals surface area contributed by atoms with Gasteiger partial charge in [-0.15, -0.1) is 11.6 Å². The smallest absolute Gasteiger partial charge is 0.152 e. The molecule has 2 aromatic heterocycles. The second-order valence-corrected chi connectivity index (χ2v) is 7.58. The van der Waals surface area contributed by atoms with Crippen molar-refractivity contribution in [1.29, 1.82) is 0 Å². The Morgan fingerprint density at radius 2 is 1.97 bits per heavy atom. The topological polar surface area (TPSA) is 87.6 Å². The van der Waals surface area contributed by atoms with Crippen molar-refractivity contribution in [2.24, 2.45) is 0 Å². The van der Waals surface area contributed by atoms with Gasteiger partial charge in [0, 0.05) is 31.0 Å². The normalized spacial score (nSPS) is 14.4. The number of hydrogen-bond acceptors (Lipinski definition) is 8. The number of nitrogens with zero attached hydrogens (tertiary/aromatic N) is 3. The van der Waals surface area contributed by atoms with Crippen LogP contribution in [0.4, 0.5) is 11.5 Å². The first-order valence-corrected chi connectivity index (χ1v) is 10.8. The number of alkyl halides is 1. The van der Waals surface area contributed by atoms with Crippen molar-refractivity contribution in [3.63, 3.8) is 0 Å². The van der Waals surface area contributed by atoms with Gasteiger partial charge in [-0.25, -0.2) is 15.0 Å². The first-order chi connectivity index (χ1) is 15.2. The van der Waals surface area contributed by atoms with E-state index in [1.54, 1.807) is 19.4 Å². The van der Waals surface area contributed by atoms with Crippen molar-refractivity contribution in [3.8, 4) is 17.2 Å². The monoisotopic (exact) mass is 464 g/mol. The number of fused-ring (bicyclic) bond motifs is 1. The molecule has 0 saturated carbocycles. The van der Waals surface area contributed by atoms with Crippen LogP contribution in [0, 0.1) is 0 Å². The average molecular weight is 465 g/mol. The molecule has 0 amide bonds. The number of benzene rings is 1. The van der Waals surface area contributed by atoms with Gasteiger partial charge in [-0.2, -0.15) is 0 Å². The highest BCUT2D eigenvalue weighted by molar-refractivity contribution is 6.32. The van der Waals surface area contributed by atoms with Crippen LogP contribution >= 0.6 is 23.2 Å². The average Bonchev–Trinajstić information content (AvgIpc) is 2.80. The van der Waals surface area contributed by atoms with Gasteiger partial charge in [-0.3, -0.25) is 0 Å². The molecule has 31 heavy (non-hydrogen) atoms. The van der Waals surface area contributed by atoms with Crippen molar-refractivity contribution in [2.45, 2.75) is 18.9 Å². The van der Waals surface area contributed by atoms with E-state index in [0.29, 0.717) is 70.5 Å². The van der Waals surface area contributed by atoms with Crippen LogP contribution in [0.5, 0.6) is 17.2 Å². The summed E-state index contributed by atoms with van der Waals surface area (Å²) >= 11 is 12.1. The van der Waals surface area contributed by atoms with Crippen molar-refractivity contribution in [3.05, 3.63) is 35.9 Å². The zero-order chi connectivity index (χ0) is 21.6. The van der Waals surface area contributed by atoms with E-state index < -0.39 is 0 Å². The molecule has 0 unspecified atom stereocenters. The van der Waals surface area contributed by atoms with Gasteiger partial charge < -0.3 is 24.3 Å². The predicted molar refractivity (Wildman–Crippen MR) is 119 cm³/mol. The highest BCUT2D eigenvalue weighted by Gasteiger charge is 2.20. The lowest BCUT2D eigenvalue weighted by Crippen LogP contribution is -2.26. The molecule has 3 aromatic rings. The highest BCUT2D eigenvalue weighted by Crippen LogP contribution is 2.38. The summed E-state index contributed by atoms with van der Waals surface area (Å²) in [5.74, 6) is 2.73. The molecular formula is C21H22Cl2N4O4. The fourth-order valence-corrected chi connectivity index (χ4v) is 3.51. The van der Waals surface area contributed by atoms with Gasteiger partial charge in [0.25, 0.3) is 0 Å². The standard InChI is InChI=1S/C21H22Cl2N4O4/c1-28-15-9-17(20(23)24-11-15)27-21-19-16(25-12-26-21)8-14(30-7-4-22)10-18(19)31-13-2-5-29-6-3-13/h8-13H,2-7H2,1H3,(H,25,26,27). The molecule has 8 nitrogen and oxygen atoms in total. The van der Waals surface area contributed by atoms with Crippen LogP contribution in [-0.2, 0) is 4.74 Å². The van der Waals surface area contributed by atoms with Crippen LogP contribution < -0.4 is 19.5 Å². The number of ether oxygens (including phenoxy) is 4. The summed E-state index contributed by atoms with van der Waals surface area (Å²) in [4.78, 5) is 13.0. The fourth-order valence-electron chi connectivity index (χ4n) is 3.29. The Labute approximate surface area is 189 Å². The SMILES string of the molecule is COc1cnc(Cl)c(Nc2ncnc3cc(OCCCl)cc(OC4CCOCC4)c23)c1. The van der Waals surface area contributed by atoms with Crippen molar-refractivity contribution < 1.29 is 18.9 Å². The van der Waals surface area contributed by atoms with Crippen molar-refractivity contribution in [1.82, 2.24) is 15.0 Å². The Bertz CT molecular complexity index is 1050. The highest BCUT2D eigenvalue weighted by atomic mass is 35.5. The first kappa shape index (κ1) is 21.7. The molecule has 0 spiro atoms. The second kappa shape index (κ2) is 10.2. The zero-order valence-corrected chi connectivity index (χ0v) is 18.4. The molecule has 1 saturated heterocycles. The summed E-state index contributed by atoms with van der Waals surface area (Å²) in [5, 5.41) is 4.25. The lowest BCUT2D eigenvalue weighted by atomic mass is 10.1. The Kier molecular flexibility index (Phi) is 7.11. The zero-order valence-electron chi connectivity index (χ0n) is 16.9. The fraction of sp³-hybridized carbons (Fsp3) is 0.381. The van der Waals surface area contributed by atoms with Crippen LogP contribution in [0.1, 0.15) is 12.8 Å². The maximum atomic E-state index is 6.36. The molecule has 1 aliphatic rings. The number of anilines is 2. The van der Waals surface area contributed by atoms with E-state index in [2.05, 4.69) is 20.3 Å². The molecule has 0 aliphatic carbocycles. The first-order valence-electron chi connectivity index (χ1n) is 9.86. The van der Waals surface area contributed by atoms with E-state index in [-0.39, 0.29) is 6.10 Å². The molecule has 1 aromatic carbocycles. The van der Waals surface area contributed by atoms with E-state index >= 15 is 0 Å². The summed E-state index contributed by atoms with van der Waals surface area (Å²) < 4.78 is 22.8. The summed E-state index contributed by atoms with van der Waals surface area (Å²) in [6.07, 6.45) is 4.64. The van der Waals surface area contributed by atoms with Gasteiger partial charge in [-0.05, 0) is 0 Å². The van der Waals surface area contributed by atoms with Gasteiger partial charge >= 0.3 is 0 Å². The van der Waals surface area contributed by atoms with Crippen LogP contribution in [0.3, 0.4) is 0 Å². The van der Waals surface area contributed by atoms with E-state index in [0.717, 1.165) is 12.8 Å². The van der Waals surface area contributed by atoms with E-state index in [9.17, 15) is 0 Å². The molecule has 4 rings (SSSR count). The van der Waals surface area contributed by atoms with Crippen LogP contribution in [0.2, 0.25) is 5.15 Å². The molecule has 0 bridgehead atoms. The number of hydrogen-bond donors (Lipinski definition) is 1. The molecule has 1 fully saturated rings. The van der Waals surface area contributed by atoms with Crippen molar-refractivity contribution >= 4 is 45.6 Å². The molecule has 3 heterocycles. The Morgan fingerprint density at radius 1 is 1.13 bits per heavy atom. The quantitative estimate of drug-likeness (QED) is 0.382. The lowest BCUT2D eigenvalue weighted by molar-refractivity contribution is 0.0261. The Morgan fingerprint density at radius 3 is 2.74 bits per heavy atom. The molecule has 1 N–H and O–H groups in total. The molecule has 0 atom stereocenters. The minimum Gasteiger partial charge on any atom is -0.495 e. The van der Waals surface area contributed by atoms with Gasteiger partial charge in [0.15, 0.2) is 5.15 Å². The minimum atomic E-state index is 0.0235. The maximum absolute atomic E-state index is 6.36. The molecule has 0 radical (unpaired) electrons. The van der Waals surface area contributed by atoms with Gasteiger partial charge in [0.2, 0.25) is 0 Å². The maximum Gasteiger partial charge on any atom is 0.152 e. The molecule has 10 heteroatoms. The molecule has 1 aliphatic heterocycles. The Hall–Kier alpha value is -2.55. The van der Waals surface area contributed by atoms with Crippen LogP contribution in [-0.4, -0.2) is 53.9 Å². The number of halogens is 2. The number of methoxy groups -OCH3 is 1. The summed E-state index contributed by atoms with van der Waals surface area (Å²) in [6, 6.07) is 5.42. The number of rotatable bonds is 8. The van der Waals surface area contributed by atoms with Gasteiger partial charge in [-0.1, -0.05) is 11.6 Å². The predicted octanol–water partition coefficient (Wildman–Crippen LogP) is 4.61. The van der Waals surface area contributed by atoms with E-state index in [4.69, 9.17) is 42.1 Å². The molecule has 164 valence electrons. The van der Waals surface area contributed by atoms with E-state index in [1.807, 2.05) is 12.1 Å². The number of nitrogens with one attached hydrogen (secondary N) is 1. The third kappa shape index (κ3) is 5.20. The van der Waals surface area contributed by atoms with Gasteiger partial charge in [0.1, 0.15) is 42.1 Å². The van der Waals surface area contributed by atoms with Crippen LogP contribution in [0.25, 0.3) is 10.9 Å². The van der Waals surface area contributed by atoms with Crippen LogP contribution in [0.15, 0.2) is 30.7 Å². The Balaban J connectivity index is 1.76. The largest absolute Gasteiger partial charge is 0.495 e. The third-order valence-corrected chi connectivity index (χ3v) is 5.24. The summed E-state index contributed by atoms with van der Waals surface area (Å²) in [7, 11) is 1.57. The summed E-state index contributed by atoms with van der Waals surface area (Å²) in [6.45, 7) is 1.71. The summed E-state index contributed by atoms with van der Waals surface area (Å²) in [5.41, 5.74) is 1.22. The number of pyridine rings is 1. The van der Waals surface area contributed by atoms with Gasteiger partial charge in [0.05, 0.1) is 49.0 Å². The second-order valence-electron chi connectivity index (χ2n) is 6.84. The van der Waals surface area contributed by atoms with E-state index in [1.165, 1.54) is 6.33 Å². The van der Waals surface area contributed by atoms with Crippen molar-refractivity contribution in [2.75, 3.05) is 38.1 Å².